The number of hydrogen-bond acceptors (Lipinski definition) is 4. The molecule has 2 heterocycles. The Morgan fingerprint density at radius 1 is 1.61 bits per heavy atom. The first-order valence-corrected chi connectivity index (χ1v) is 6.59. The summed E-state index contributed by atoms with van der Waals surface area (Å²) < 4.78 is 0. The van der Waals surface area contributed by atoms with Crippen LogP contribution in [0, 0.1) is 0 Å². The zero-order valence-electron chi connectivity index (χ0n) is 9.68. The number of pyridine rings is 1. The first-order valence-electron chi connectivity index (χ1n) is 5.33. The van der Waals surface area contributed by atoms with Crippen molar-refractivity contribution in [2.75, 3.05) is 5.73 Å². The summed E-state index contributed by atoms with van der Waals surface area (Å²) in [5, 5.41) is 5.09. The van der Waals surface area contributed by atoms with E-state index in [9.17, 15) is 4.79 Å². The Balaban J connectivity index is 2.15. The molecular weight excluding hydrogens is 270 g/mol. The number of nitrogens with one attached hydrogen (secondary N) is 1. The number of nitrogens with zero attached hydrogens (tertiary/aromatic N) is 1. The molecule has 1 atom stereocenters. The molecule has 6 heteroatoms. The Morgan fingerprint density at radius 2 is 2.39 bits per heavy atom. The zero-order valence-corrected chi connectivity index (χ0v) is 11.3. The standard InChI is InChI=1S/C12H12ClN3OS/c1-7(10-3-2-4-18-10)16-12(17)8-5-11(13)15-6-9(8)14/h2-7H,14H2,1H3,(H,16,17). The summed E-state index contributed by atoms with van der Waals surface area (Å²) >= 11 is 7.34. The van der Waals surface area contributed by atoms with Gasteiger partial charge in [-0.1, -0.05) is 17.7 Å². The van der Waals surface area contributed by atoms with Gasteiger partial charge < -0.3 is 11.1 Å². The van der Waals surface area contributed by atoms with E-state index in [0.29, 0.717) is 11.3 Å². The van der Waals surface area contributed by atoms with Crippen molar-refractivity contribution in [1.29, 1.82) is 0 Å². The minimum absolute atomic E-state index is 0.0659. The molecule has 2 aromatic heterocycles. The summed E-state index contributed by atoms with van der Waals surface area (Å²) in [6, 6.07) is 5.32. The van der Waals surface area contributed by atoms with Gasteiger partial charge in [0.05, 0.1) is 23.5 Å². The van der Waals surface area contributed by atoms with Crippen molar-refractivity contribution in [3.05, 3.63) is 45.4 Å². The summed E-state index contributed by atoms with van der Waals surface area (Å²) in [7, 11) is 0. The molecule has 4 nitrogen and oxygen atoms in total. The van der Waals surface area contributed by atoms with Crippen LogP contribution in [0.15, 0.2) is 29.8 Å². The number of aromatic nitrogens is 1. The topological polar surface area (TPSA) is 68.0 Å². The molecule has 18 heavy (non-hydrogen) atoms. The smallest absolute Gasteiger partial charge is 0.254 e. The molecule has 0 aliphatic heterocycles. The average Bonchev–Trinajstić information content (AvgIpc) is 2.85. The first-order chi connectivity index (χ1) is 8.58. The highest BCUT2D eigenvalue weighted by Crippen LogP contribution is 2.20. The number of nitrogens with two attached hydrogens (primary N) is 1. The quantitative estimate of drug-likeness (QED) is 0.850. The van der Waals surface area contributed by atoms with Crippen LogP contribution in [0.5, 0.6) is 0 Å². The van der Waals surface area contributed by atoms with Gasteiger partial charge in [-0.2, -0.15) is 0 Å². The van der Waals surface area contributed by atoms with Crippen LogP contribution in [0.1, 0.15) is 28.2 Å². The minimum Gasteiger partial charge on any atom is -0.397 e. The van der Waals surface area contributed by atoms with Gasteiger partial charge in [0.1, 0.15) is 5.15 Å². The fourth-order valence-electron chi connectivity index (χ4n) is 1.52. The third-order valence-corrected chi connectivity index (χ3v) is 3.73. The normalized spacial score (nSPS) is 12.1. The van der Waals surface area contributed by atoms with Gasteiger partial charge in [0, 0.05) is 4.88 Å². The Hall–Kier alpha value is -1.59. The average molecular weight is 282 g/mol. The van der Waals surface area contributed by atoms with Gasteiger partial charge in [0.15, 0.2) is 0 Å². The van der Waals surface area contributed by atoms with E-state index < -0.39 is 0 Å². The second-order valence-electron chi connectivity index (χ2n) is 3.80. The van der Waals surface area contributed by atoms with Crippen molar-refractivity contribution >= 4 is 34.5 Å². The van der Waals surface area contributed by atoms with Crippen LogP contribution < -0.4 is 11.1 Å². The highest BCUT2D eigenvalue weighted by Gasteiger charge is 2.15. The van der Waals surface area contributed by atoms with E-state index in [-0.39, 0.29) is 17.1 Å². The Morgan fingerprint density at radius 3 is 3.06 bits per heavy atom. The molecule has 1 unspecified atom stereocenters. The summed E-state index contributed by atoms with van der Waals surface area (Å²) in [5.41, 5.74) is 6.37. The first kappa shape index (κ1) is 12.9. The largest absolute Gasteiger partial charge is 0.397 e. The van der Waals surface area contributed by atoms with Gasteiger partial charge in [-0.25, -0.2) is 4.98 Å². The lowest BCUT2D eigenvalue weighted by Crippen LogP contribution is -2.27. The van der Waals surface area contributed by atoms with Gasteiger partial charge in [-0.15, -0.1) is 11.3 Å². The predicted molar refractivity (Wildman–Crippen MR) is 73.9 cm³/mol. The van der Waals surface area contributed by atoms with Crippen molar-refractivity contribution in [2.45, 2.75) is 13.0 Å². The zero-order chi connectivity index (χ0) is 13.1. The van der Waals surface area contributed by atoms with Crippen molar-refractivity contribution in [3.63, 3.8) is 0 Å². The Kier molecular flexibility index (Phi) is 3.84. The van der Waals surface area contributed by atoms with Crippen LogP contribution in [0.3, 0.4) is 0 Å². The number of rotatable bonds is 3. The lowest BCUT2D eigenvalue weighted by Gasteiger charge is -2.13. The van der Waals surface area contributed by atoms with Crippen molar-refractivity contribution in [3.8, 4) is 0 Å². The minimum atomic E-state index is -0.252. The molecular formula is C12H12ClN3OS. The highest BCUT2D eigenvalue weighted by molar-refractivity contribution is 7.10. The number of thiophene rings is 1. The maximum Gasteiger partial charge on any atom is 0.254 e. The van der Waals surface area contributed by atoms with Crippen LogP contribution in [-0.4, -0.2) is 10.9 Å². The fourth-order valence-corrected chi connectivity index (χ4v) is 2.41. The molecule has 94 valence electrons. The van der Waals surface area contributed by atoms with E-state index in [1.165, 1.54) is 12.3 Å². The molecule has 0 saturated heterocycles. The van der Waals surface area contributed by atoms with Gasteiger partial charge >= 0.3 is 0 Å². The Bertz CT molecular complexity index is 556. The van der Waals surface area contributed by atoms with Gasteiger partial charge in [0.2, 0.25) is 0 Å². The van der Waals surface area contributed by atoms with Gasteiger partial charge in [0.25, 0.3) is 5.91 Å². The van der Waals surface area contributed by atoms with Crippen LogP contribution >= 0.6 is 22.9 Å². The monoisotopic (exact) mass is 281 g/mol. The summed E-state index contributed by atoms with van der Waals surface area (Å²) in [5.74, 6) is -0.252. The van der Waals surface area contributed by atoms with Crippen LogP contribution in [0.25, 0.3) is 0 Å². The van der Waals surface area contributed by atoms with E-state index in [1.807, 2.05) is 24.4 Å². The number of anilines is 1. The van der Waals surface area contributed by atoms with Gasteiger partial charge in [-0.3, -0.25) is 4.79 Å². The molecule has 0 fully saturated rings. The number of hydrogen-bond donors (Lipinski definition) is 2. The molecule has 0 aliphatic carbocycles. The maximum absolute atomic E-state index is 12.1. The van der Waals surface area contributed by atoms with E-state index in [4.69, 9.17) is 17.3 Å². The Labute approximate surface area is 114 Å². The second-order valence-corrected chi connectivity index (χ2v) is 5.17. The summed E-state index contributed by atoms with van der Waals surface area (Å²) in [6.45, 7) is 1.92. The molecule has 1 amide bonds. The fraction of sp³-hybridized carbons (Fsp3) is 0.167. The summed E-state index contributed by atoms with van der Waals surface area (Å²) in [6.07, 6.45) is 1.38. The number of nitrogen functional groups attached to an aromatic ring is 1. The molecule has 0 aromatic carbocycles. The number of carbonyl (C=O) groups excluding carboxylic acids is 1. The summed E-state index contributed by atoms with van der Waals surface area (Å²) in [4.78, 5) is 16.9. The lowest BCUT2D eigenvalue weighted by atomic mass is 10.2. The van der Waals surface area contributed by atoms with E-state index in [0.717, 1.165) is 4.88 Å². The SMILES string of the molecule is CC(NC(=O)c1cc(Cl)ncc1N)c1cccs1. The second kappa shape index (κ2) is 5.37. The van der Waals surface area contributed by atoms with Crippen molar-refractivity contribution in [1.82, 2.24) is 10.3 Å². The van der Waals surface area contributed by atoms with Crippen LogP contribution in [-0.2, 0) is 0 Å². The molecule has 0 aliphatic rings. The molecule has 2 aromatic rings. The maximum atomic E-state index is 12.1. The molecule has 0 saturated carbocycles. The number of amides is 1. The third kappa shape index (κ3) is 2.80. The van der Waals surface area contributed by atoms with E-state index in [1.54, 1.807) is 11.3 Å². The molecule has 2 rings (SSSR count). The third-order valence-electron chi connectivity index (χ3n) is 2.46. The predicted octanol–water partition coefficient (Wildman–Crippen LogP) is 2.87. The number of halogens is 1. The highest BCUT2D eigenvalue weighted by atomic mass is 35.5. The van der Waals surface area contributed by atoms with Gasteiger partial charge in [-0.05, 0) is 24.4 Å². The molecule has 0 bridgehead atoms. The molecule has 3 N–H and O–H groups in total. The van der Waals surface area contributed by atoms with E-state index >= 15 is 0 Å². The van der Waals surface area contributed by atoms with E-state index in [2.05, 4.69) is 10.3 Å². The van der Waals surface area contributed by atoms with Crippen LogP contribution in [0.2, 0.25) is 5.15 Å². The molecule has 0 spiro atoms. The van der Waals surface area contributed by atoms with Crippen molar-refractivity contribution in [2.24, 2.45) is 0 Å². The lowest BCUT2D eigenvalue weighted by molar-refractivity contribution is 0.0941. The molecule has 0 radical (unpaired) electrons. The number of carbonyl (C=O) groups is 1. The van der Waals surface area contributed by atoms with Crippen molar-refractivity contribution < 1.29 is 4.79 Å². The van der Waals surface area contributed by atoms with Crippen LogP contribution in [0.4, 0.5) is 5.69 Å².